The van der Waals surface area contributed by atoms with Crippen LogP contribution in [0.25, 0.3) is 98.4 Å². The van der Waals surface area contributed by atoms with Crippen molar-refractivity contribution in [2.45, 2.75) is 0 Å². The largest absolute Gasteiger partial charge is 0.310 e. The standard InChI is InChI=1S/C66H42N4/c1-7-19-43(20-8-1)45-31-33-53-59(39-45)69-61-41-56-52-36-38-58(68(49-27-15-5-16-28-49)50-29-17-6-18-30-50)64-54-34-32-46(44-21-9-2-10-22-44)40-60(54)70(66(52)64)62(56)42-55(61)51-35-37-57(63(53)65(51)69)67(47-23-11-3-12-24-47)48-25-13-4-14-26-48/h1-42H. The Bertz CT molecular complexity index is 4060. The van der Waals surface area contributed by atoms with Crippen molar-refractivity contribution in [2.75, 3.05) is 9.80 Å². The van der Waals surface area contributed by atoms with Crippen molar-refractivity contribution in [1.82, 2.24) is 8.80 Å². The zero-order valence-electron chi connectivity index (χ0n) is 38.0. The third-order valence-electron chi connectivity index (χ3n) is 14.7. The van der Waals surface area contributed by atoms with Gasteiger partial charge in [-0.1, -0.05) is 170 Å². The number of benzene rings is 11. The highest BCUT2D eigenvalue weighted by Gasteiger charge is 2.28. The lowest BCUT2D eigenvalue weighted by molar-refractivity contribution is 1.30. The second-order valence-electron chi connectivity index (χ2n) is 18.5. The van der Waals surface area contributed by atoms with E-state index in [9.17, 15) is 0 Å². The fraction of sp³-hybridized carbons (Fsp3) is 0. The molecule has 0 aliphatic carbocycles. The number of fused-ring (bicyclic) bond motifs is 12. The zero-order chi connectivity index (χ0) is 45.9. The smallest absolute Gasteiger partial charge is 0.0641 e. The molecule has 11 aromatic carbocycles. The zero-order valence-corrected chi connectivity index (χ0v) is 38.0. The van der Waals surface area contributed by atoms with Gasteiger partial charge in [-0.25, -0.2) is 0 Å². The molecule has 0 N–H and O–H groups in total. The molecule has 4 heterocycles. The van der Waals surface area contributed by atoms with E-state index in [1.54, 1.807) is 0 Å². The fourth-order valence-corrected chi connectivity index (χ4v) is 11.7. The second kappa shape index (κ2) is 15.1. The molecule has 15 rings (SSSR count). The number of anilines is 6. The molecule has 0 amide bonds. The predicted octanol–water partition coefficient (Wildman–Crippen LogP) is 18.3. The molecule has 0 atom stereocenters. The maximum Gasteiger partial charge on any atom is 0.0641 e. The summed E-state index contributed by atoms with van der Waals surface area (Å²) in [5, 5.41) is 9.89. The maximum atomic E-state index is 2.57. The topological polar surface area (TPSA) is 15.3 Å². The Morgan fingerprint density at radius 1 is 0.229 bits per heavy atom. The number of hydrogen-bond acceptors (Lipinski definition) is 2. The first-order valence-corrected chi connectivity index (χ1v) is 24.1. The van der Waals surface area contributed by atoms with Gasteiger partial charge in [0.2, 0.25) is 0 Å². The Balaban J connectivity index is 1.08. The second-order valence-corrected chi connectivity index (χ2v) is 18.5. The molecule has 4 nitrogen and oxygen atoms in total. The van der Waals surface area contributed by atoms with Crippen LogP contribution in [0.3, 0.4) is 0 Å². The van der Waals surface area contributed by atoms with E-state index in [2.05, 4.69) is 273 Å². The summed E-state index contributed by atoms with van der Waals surface area (Å²) in [6.45, 7) is 0. The lowest BCUT2D eigenvalue weighted by Gasteiger charge is -2.26. The van der Waals surface area contributed by atoms with E-state index in [4.69, 9.17) is 0 Å². The van der Waals surface area contributed by atoms with Crippen molar-refractivity contribution < 1.29 is 0 Å². The lowest BCUT2D eigenvalue weighted by Crippen LogP contribution is -2.10. The molecule has 0 saturated carbocycles. The molecule has 0 aliphatic heterocycles. The van der Waals surface area contributed by atoms with Gasteiger partial charge in [-0.15, -0.1) is 0 Å². The van der Waals surface area contributed by atoms with Gasteiger partial charge < -0.3 is 18.6 Å². The molecule has 4 heteroatoms. The van der Waals surface area contributed by atoms with Gasteiger partial charge in [-0.05, 0) is 107 Å². The van der Waals surface area contributed by atoms with E-state index < -0.39 is 0 Å². The first-order chi connectivity index (χ1) is 34.8. The Morgan fingerprint density at radius 3 is 0.871 bits per heavy atom. The Labute approximate surface area is 404 Å². The molecule has 0 bridgehead atoms. The molecule has 0 radical (unpaired) electrons. The molecular weight excluding hydrogens is 849 g/mol. The van der Waals surface area contributed by atoms with Crippen LogP contribution in [-0.4, -0.2) is 8.80 Å². The lowest BCUT2D eigenvalue weighted by atomic mass is 10.00. The van der Waals surface area contributed by atoms with Crippen molar-refractivity contribution in [3.8, 4) is 22.3 Å². The Kier molecular flexibility index (Phi) is 8.33. The first-order valence-electron chi connectivity index (χ1n) is 24.1. The average molecular weight is 891 g/mol. The fourth-order valence-electron chi connectivity index (χ4n) is 11.7. The highest BCUT2D eigenvalue weighted by atomic mass is 15.2. The summed E-state index contributed by atoms with van der Waals surface area (Å²) in [4.78, 5) is 4.85. The monoisotopic (exact) mass is 890 g/mol. The van der Waals surface area contributed by atoms with Crippen LogP contribution in [0.1, 0.15) is 0 Å². The third-order valence-corrected chi connectivity index (χ3v) is 14.7. The minimum atomic E-state index is 1.12. The van der Waals surface area contributed by atoms with Gasteiger partial charge in [-0.3, -0.25) is 0 Å². The SMILES string of the molecule is c1ccc(-c2ccc3c4c(N(c5ccccc5)c5ccccc5)ccc5c6cc7c(cc6n(c3c2)c54)c2ccc(N(c3ccccc3)c3ccccc3)c3c4ccc(-c5ccccc5)cc4n7c23)cc1. The number of nitrogens with zero attached hydrogens (tertiary/aromatic N) is 4. The summed E-state index contributed by atoms with van der Waals surface area (Å²) < 4.78 is 5.13. The van der Waals surface area contributed by atoms with Crippen molar-refractivity contribution >= 4 is 110 Å². The van der Waals surface area contributed by atoms with Crippen LogP contribution in [0, 0.1) is 0 Å². The van der Waals surface area contributed by atoms with Crippen molar-refractivity contribution in [3.63, 3.8) is 0 Å². The molecule has 0 spiro atoms. The summed E-state index contributed by atoms with van der Waals surface area (Å²) in [5.41, 5.74) is 18.8. The minimum absolute atomic E-state index is 1.12. The van der Waals surface area contributed by atoms with Gasteiger partial charge in [-0.2, -0.15) is 0 Å². The number of aromatic nitrogens is 2. The van der Waals surface area contributed by atoms with Crippen LogP contribution < -0.4 is 9.80 Å². The number of para-hydroxylation sites is 4. The van der Waals surface area contributed by atoms with Crippen LogP contribution >= 0.6 is 0 Å². The van der Waals surface area contributed by atoms with Gasteiger partial charge in [0.25, 0.3) is 0 Å². The highest BCUT2D eigenvalue weighted by Crippen LogP contribution is 2.52. The van der Waals surface area contributed by atoms with Crippen molar-refractivity contribution in [1.29, 1.82) is 0 Å². The molecule has 326 valence electrons. The molecule has 70 heavy (non-hydrogen) atoms. The Morgan fingerprint density at radius 2 is 0.529 bits per heavy atom. The first kappa shape index (κ1) is 38.7. The summed E-state index contributed by atoms with van der Waals surface area (Å²) in [6, 6.07) is 93.3. The number of rotatable bonds is 8. The number of hydrogen-bond donors (Lipinski definition) is 0. The molecule has 0 fully saturated rings. The molecular formula is C66H42N4. The van der Waals surface area contributed by atoms with Crippen molar-refractivity contribution in [2.24, 2.45) is 0 Å². The Hall–Kier alpha value is -9.38. The van der Waals surface area contributed by atoms with E-state index in [-0.39, 0.29) is 0 Å². The molecule has 0 saturated heterocycles. The third kappa shape index (κ3) is 5.59. The van der Waals surface area contributed by atoms with Gasteiger partial charge >= 0.3 is 0 Å². The van der Waals surface area contributed by atoms with E-state index in [1.807, 2.05) is 0 Å². The minimum Gasteiger partial charge on any atom is -0.310 e. The average Bonchev–Trinajstić information content (AvgIpc) is 4.16. The van der Waals surface area contributed by atoms with E-state index in [0.29, 0.717) is 0 Å². The summed E-state index contributed by atoms with van der Waals surface area (Å²) in [6.07, 6.45) is 0. The molecule has 0 aliphatic rings. The predicted molar refractivity (Wildman–Crippen MR) is 296 cm³/mol. The van der Waals surface area contributed by atoms with Gasteiger partial charge in [0, 0.05) is 65.8 Å². The van der Waals surface area contributed by atoms with E-state index in [0.717, 1.165) is 34.1 Å². The quantitative estimate of drug-likeness (QED) is 0.151. The highest BCUT2D eigenvalue weighted by molar-refractivity contribution is 6.32. The van der Waals surface area contributed by atoms with Crippen LogP contribution in [0.15, 0.2) is 255 Å². The summed E-state index contributed by atoms with van der Waals surface area (Å²) in [5.74, 6) is 0. The summed E-state index contributed by atoms with van der Waals surface area (Å²) in [7, 11) is 0. The van der Waals surface area contributed by atoms with Crippen LogP contribution in [-0.2, 0) is 0 Å². The van der Waals surface area contributed by atoms with Gasteiger partial charge in [0.1, 0.15) is 0 Å². The van der Waals surface area contributed by atoms with E-state index in [1.165, 1.54) is 98.4 Å². The van der Waals surface area contributed by atoms with Gasteiger partial charge in [0.15, 0.2) is 0 Å². The maximum absolute atomic E-state index is 2.57. The van der Waals surface area contributed by atoms with Gasteiger partial charge in [0.05, 0.1) is 44.5 Å². The van der Waals surface area contributed by atoms with E-state index >= 15 is 0 Å². The van der Waals surface area contributed by atoms with Crippen molar-refractivity contribution in [3.05, 3.63) is 255 Å². The van der Waals surface area contributed by atoms with Crippen LogP contribution in [0.5, 0.6) is 0 Å². The molecule has 4 aromatic heterocycles. The molecule has 0 unspecified atom stereocenters. The van der Waals surface area contributed by atoms with Crippen LogP contribution in [0.2, 0.25) is 0 Å². The normalized spacial score (nSPS) is 12.0. The molecule has 15 aromatic rings. The summed E-state index contributed by atoms with van der Waals surface area (Å²) >= 11 is 0. The van der Waals surface area contributed by atoms with Crippen LogP contribution in [0.4, 0.5) is 34.1 Å².